The topological polar surface area (TPSA) is 134 Å². The standard InChI is InChI=1S/C19H24N4O4S2/c1-19(2,26)17-21-9-15(28-17)29(20,27)23-18(25)22-13-8-10-4-3-5-11(10)16-12(13)6-7-14(16)24/h8-9,26,29H,3-7H2,1-2H3,(H4,20,22,23,25,27). The van der Waals surface area contributed by atoms with Crippen molar-refractivity contribution < 1.29 is 18.9 Å². The molecule has 156 valence electrons. The number of thiazole rings is 1. The number of urea groups is 1. The van der Waals surface area contributed by atoms with E-state index in [4.69, 9.17) is 5.14 Å². The third kappa shape index (κ3) is 3.73. The average molecular weight is 437 g/mol. The fourth-order valence-electron chi connectivity index (χ4n) is 3.92. The van der Waals surface area contributed by atoms with Crippen molar-refractivity contribution in [2.45, 2.75) is 55.8 Å². The fraction of sp³-hybridized carbons (Fsp3) is 0.421. The summed E-state index contributed by atoms with van der Waals surface area (Å²) in [5.74, 6) is 0.121. The van der Waals surface area contributed by atoms with Crippen molar-refractivity contribution in [3.8, 4) is 0 Å². The number of ketones is 1. The van der Waals surface area contributed by atoms with E-state index in [0.717, 1.165) is 52.9 Å². The summed E-state index contributed by atoms with van der Waals surface area (Å²) >= 11 is 0.995. The summed E-state index contributed by atoms with van der Waals surface area (Å²) in [5.41, 5.74) is 3.18. The molecule has 0 spiro atoms. The van der Waals surface area contributed by atoms with E-state index in [1.54, 1.807) is 13.8 Å². The van der Waals surface area contributed by atoms with E-state index in [9.17, 15) is 18.9 Å². The van der Waals surface area contributed by atoms with E-state index >= 15 is 0 Å². The van der Waals surface area contributed by atoms with E-state index in [-0.39, 0.29) is 9.99 Å². The summed E-state index contributed by atoms with van der Waals surface area (Å²) in [6.07, 6.45) is 5.10. The van der Waals surface area contributed by atoms with E-state index < -0.39 is 21.9 Å². The summed E-state index contributed by atoms with van der Waals surface area (Å²) in [5, 5.41) is 19.0. The van der Waals surface area contributed by atoms with E-state index in [1.807, 2.05) is 6.07 Å². The SMILES string of the molecule is CC(C)(O)c1ncc([SH](N)(=O)NC(=O)Nc2cc3c(c4c2CCC4=O)CCC3)s1. The van der Waals surface area contributed by atoms with Gasteiger partial charge in [-0.1, -0.05) is 0 Å². The lowest BCUT2D eigenvalue weighted by Gasteiger charge is -2.20. The molecule has 10 heteroatoms. The van der Waals surface area contributed by atoms with Gasteiger partial charge in [-0.3, -0.25) is 14.7 Å². The highest BCUT2D eigenvalue weighted by molar-refractivity contribution is 8.01. The van der Waals surface area contributed by atoms with Crippen LogP contribution in [0.2, 0.25) is 0 Å². The Kier molecular flexibility index (Phi) is 4.85. The van der Waals surface area contributed by atoms with Crippen molar-refractivity contribution in [2.75, 3.05) is 5.32 Å². The number of hydrogen-bond donors (Lipinski definition) is 5. The highest BCUT2D eigenvalue weighted by Gasteiger charge is 2.31. The number of aliphatic hydroxyl groups is 1. The van der Waals surface area contributed by atoms with Crippen LogP contribution in [0, 0.1) is 0 Å². The van der Waals surface area contributed by atoms with Gasteiger partial charge in [0.15, 0.2) is 5.78 Å². The Morgan fingerprint density at radius 1 is 1.28 bits per heavy atom. The molecule has 8 nitrogen and oxygen atoms in total. The van der Waals surface area contributed by atoms with Crippen LogP contribution in [0.25, 0.3) is 0 Å². The third-order valence-corrected chi connectivity index (χ3v) is 8.75. The second kappa shape index (κ2) is 6.98. The number of aryl methyl sites for hydroxylation is 1. The second-order valence-electron chi connectivity index (χ2n) is 7.98. The Labute approximate surface area is 173 Å². The molecule has 5 N–H and O–H groups in total. The maximum Gasteiger partial charge on any atom is 0.330 e. The van der Waals surface area contributed by atoms with Gasteiger partial charge in [-0.2, -0.15) is 0 Å². The summed E-state index contributed by atoms with van der Waals surface area (Å²) in [6, 6.07) is 1.22. The number of carbonyl (C=O) groups is 2. The summed E-state index contributed by atoms with van der Waals surface area (Å²) in [7, 11) is -3.72. The van der Waals surface area contributed by atoms with Gasteiger partial charge in [-0.15, -0.1) is 11.3 Å². The molecule has 1 aromatic carbocycles. The molecule has 1 aromatic heterocycles. The lowest BCUT2D eigenvalue weighted by Crippen LogP contribution is -2.44. The molecular formula is C19H24N4O4S2. The number of nitrogens with two attached hydrogens (primary N) is 1. The van der Waals surface area contributed by atoms with Crippen LogP contribution in [-0.4, -0.2) is 26.1 Å². The average Bonchev–Trinajstić information content (AvgIpc) is 3.32. The molecule has 4 rings (SSSR count). The summed E-state index contributed by atoms with van der Waals surface area (Å²) < 4.78 is 15.4. The number of benzene rings is 1. The van der Waals surface area contributed by atoms with Gasteiger partial charge in [0, 0.05) is 28.0 Å². The number of nitrogens with one attached hydrogen (secondary N) is 2. The van der Waals surface area contributed by atoms with Gasteiger partial charge >= 0.3 is 6.03 Å². The van der Waals surface area contributed by atoms with Crippen molar-refractivity contribution in [1.82, 2.24) is 9.71 Å². The van der Waals surface area contributed by atoms with Gasteiger partial charge in [0.25, 0.3) is 0 Å². The molecule has 29 heavy (non-hydrogen) atoms. The largest absolute Gasteiger partial charge is 0.383 e. The van der Waals surface area contributed by atoms with Gasteiger partial charge < -0.3 is 10.4 Å². The molecule has 0 saturated heterocycles. The minimum absolute atomic E-state index is 0.121. The van der Waals surface area contributed by atoms with E-state index in [1.165, 1.54) is 6.20 Å². The molecule has 2 aliphatic carbocycles. The zero-order valence-corrected chi connectivity index (χ0v) is 18.0. The van der Waals surface area contributed by atoms with Gasteiger partial charge in [0.05, 0.1) is 6.20 Å². The first-order valence-corrected chi connectivity index (χ1v) is 12.0. The quantitative estimate of drug-likeness (QED) is 0.467. The lowest BCUT2D eigenvalue weighted by atomic mass is 9.97. The molecule has 2 aromatic rings. The predicted octanol–water partition coefficient (Wildman–Crippen LogP) is 1.97. The highest BCUT2D eigenvalue weighted by atomic mass is 32.3. The zero-order valence-electron chi connectivity index (χ0n) is 16.2. The van der Waals surface area contributed by atoms with Gasteiger partial charge in [-0.05, 0) is 62.3 Å². The van der Waals surface area contributed by atoms with Crippen LogP contribution in [0.3, 0.4) is 0 Å². The number of fused-ring (bicyclic) bond motifs is 3. The van der Waals surface area contributed by atoms with Crippen LogP contribution in [0.4, 0.5) is 10.5 Å². The van der Waals surface area contributed by atoms with E-state index in [0.29, 0.717) is 23.5 Å². The molecule has 0 aliphatic heterocycles. The molecule has 0 unspecified atom stereocenters. The normalized spacial score (nSPS) is 16.5. The molecule has 0 fully saturated rings. The molecular weight excluding hydrogens is 412 g/mol. The second-order valence-corrected chi connectivity index (χ2v) is 11.3. The van der Waals surface area contributed by atoms with Crippen LogP contribution in [0.1, 0.15) is 58.7 Å². The molecule has 0 atom stereocenters. The smallest absolute Gasteiger partial charge is 0.330 e. The van der Waals surface area contributed by atoms with E-state index in [2.05, 4.69) is 15.0 Å². The van der Waals surface area contributed by atoms with Crippen molar-refractivity contribution in [3.63, 3.8) is 0 Å². The Morgan fingerprint density at radius 3 is 2.72 bits per heavy atom. The Balaban J connectivity index is 1.56. The van der Waals surface area contributed by atoms with Crippen molar-refractivity contribution in [3.05, 3.63) is 39.5 Å². The first-order valence-electron chi connectivity index (χ1n) is 9.44. The third-order valence-electron chi connectivity index (χ3n) is 5.25. The predicted molar refractivity (Wildman–Crippen MR) is 113 cm³/mol. The van der Waals surface area contributed by atoms with Crippen LogP contribution >= 0.6 is 11.3 Å². The fourth-order valence-corrected chi connectivity index (χ4v) is 6.21. The molecule has 2 amide bonds. The van der Waals surface area contributed by atoms with Crippen molar-refractivity contribution >= 4 is 39.1 Å². The van der Waals surface area contributed by atoms with Gasteiger partial charge in [0.2, 0.25) is 0 Å². The highest BCUT2D eigenvalue weighted by Crippen LogP contribution is 2.38. The number of rotatable bonds is 4. The van der Waals surface area contributed by atoms with Gasteiger partial charge in [-0.25, -0.2) is 14.0 Å². The number of hydrogen-bond acceptors (Lipinski definition) is 6. The van der Waals surface area contributed by atoms with Crippen LogP contribution in [0.15, 0.2) is 16.5 Å². The maximum atomic E-state index is 12.9. The number of Topliss-reactive ketones (excluding diaryl/α,β-unsaturated/α-hetero) is 1. The van der Waals surface area contributed by atoms with Crippen molar-refractivity contribution in [2.24, 2.45) is 5.14 Å². The first-order chi connectivity index (χ1) is 13.6. The summed E-state index contributed by atoms with van der Waals surface area (Å²) in [4.78, 5) is 29.0. The molecule has 0 saturated carbocycles. The van der Waals surface area contributed by atoms with Crippen molar-refractivity contribution in [1.29, 1.82) is 0 Å². The molecule has 1 heterocycles. The monoisotopic (exact) mass is 436 g/mol. The van der Waals surface area contributed by atoms with Gasteiger partial charge in [0.1, 0.15) is 14.8 Å². The minimum atomic E-state index is -3.72. The number of nitrogens with zero attached hydrogens (tertiary/aromatic N) is 1. The maximum absolute atomic E-state index is 12.9. The number of amides is 2. The lowest BCUT2D eigenvalue weighted by molar-refractivity contribution is 0.0782. The molecule has 0 bridgehead atoms. The van der Waals surface area contributed by atoms with Crippen LogP contribution in [-0.2, 0) is 35.2 Å². The Bertz CT molecular complexity index is 1070. The molecule has 2 aliphatic rings. The summed E-state index contributed by atoms with van der Waals surface area (Å²) in [6.45, 7) is 3.12. The number of anilines is 1. The number of carbonyl (C=O) groups excluding carboxylic acids is 2. The zero-order chi connectivity index (χ0) is 21.0. The number of aromatic nitrogens is 1. The Hall–Kier alpha value is -2.14. The first kappa shape index (κ1) is 20.1. The van der Waals surface area contributed by atoms with Crippen LogP contribution < -0.4 is 15.2 Å². The Morgan fingerprint density at radius 2 is 2.03 bits per heavy atom. The minimum Gasteiger partial charge on any atom is -0.383 e. The number of thiol groups is 1. The molecule has 0 radical (unpaired) electrons. The van der Waals surface area contributed by atoms with Crippen LogP contribution in [0.5, 0.6) is 0 Å².